The first-order chi connectivity index (χ1) is 17.9. The molecule has 0 fully saturated rings. The molecule has 1 N–H and O–H groups in total. The third-order valence-corrected chi connectivity index (χ3v) is 8.15. The average molecular weight is 537 g/mol. The molecule has 37 heavy (non-hydrogen) atoms. The van der Waals surface area contributed by atoms with E-state index in [1.165, 1.54) is 11.8 Å². The maximum atomic E-state index is 13.7. The highest BCUT2D eigenvalue weighted by Crippen LogP contribution is 2.27. The third kappa shape index (κ3) is 6.33. The number of imidazole rings is 1. The normalized spacial score (nSPS) is 11.2. The zero-order chi connectivity index (χ0) is 26.3. The van der Waals surface area contributed by atoms with Crippen molar-refractivity contribution in [1.29, 1.82) is 0 Å². The molecule has 0 radical (unpaired) electrons. The standard InChI is InChI=1S/C27H28N4O4S2/c1-3-35-23-10-8-22(9-11-23)31(37(33,34)25-14-12-24(36-2)13-15-25)19-27(32)29-18-21-6-4-5-7-26(21)30-17-16-28-20-30/h4-17,20H,3,18-19H2,1-2H3,(H,29,32). The summed E-state index contributed by atoms with van der Waals surface area (Å²) in [5, 5.41) is 2.87. The molecule has 0 unspecified atom stereocenters. The molecule has 1 heterocycles. The maximum absolute atomic E-state index is 13.7. The molecule has 10 heteroatoms. The predicted octanol–water partition coefficient (Wildman–Crippen LogP) is 4.50. The quantitative estimate of drug-likeness (QED) is 0.284. The molecule has 1 amide bonds. The van der Waals surface area contributed by atoms with E-state index in [2.05, 4.69) is 10.3 Å². The highest BCUT2D eigenvalue weighted by Gasteiger charge is 2.27. The molecule has 4 aromatic rings. The predicted molar refractivity (Wildman–Crippen MR) is 146 cm³/mol. The first-order valence-corrected chi connectivity index (χ1v) is 14.3. The van der Waals surface area contributed by atoms with Gasteiger partial charge in [0.05, 0.1) is 29.2 Å². The van der Waals surface area contributed by atoms with Gasteiger partial charge in [0, 0.05) is 23.8 Å². The van der Waals surface area contributed by atoms with E-state index in [-0.39, 0.29) is 18.0 Å². The van der Waals surface area contributed by atoms with Crippen LogP contribution < -0.4 is 14.4 Å². The summed E-state index contributed by atoms with van der Waals surface area (Å²) in [7, 11) is -4.02. The van der Waals surface area contributed by atoms with Crippen molar-refractivity contribution in [3.63, 3.8) is 0 Å². The monoisotopic (exact) mass is 536 g/mol. The molecule has 0 spiro atoms. The van der Waals surface area contributed by atoms with Gasteiger partial charge in [0.1, 0.15) is 12.3 Å². The van der Waals surface area contributed by atoms with E-state index in [1.54, 1.807) is 61.1 Å². The van der Waals surface area contributed by atoms with Gasteiger partial charge >= 0.3 is 0 Å². The van der Waals surface area contributed by atoms with Crippen molar-refractivity contribution in [3.8, 4) is 11.4 Å². The number of amides is 1. The molecule has 0 aliphatic carbocycles. The average Bonchev–Trinajstić information content (AvgIpc) is 3.46. The molecule has 0 bridgehead atoms. The van der Waals surface area contributed by atoms with E-state index < -0.39 is 15.9 Å². The lowest BCUT2D eigenvalue weighted by Crippen LogP contribution is -2.40. The Morgan fingerprint density at radius 2 is 1.78 bits per heavy atom. The van der Waals surface area contributed by atoms with Gasteiger partial charge in [-0.25, -0.2) is 13.4 Å². The van der Waals surface area contributed by atoms with Crippen LogP contribution in [0.25, 0.3) is 5.69 Å². The second-order valence-corrected chi connectivity index (χ2v) is 10.7. The molecule has 0 saturated heterocycles. The summed E-state index contributed by atoms with van der Waals surface area (Å²) in [4.78, 5) is 18.2. The fourth-order valence-corrected chi connectivity index (χ4v) is 5.59. The molecule has 0 aliphatic rings. The van der Waals surface area contributed by atoms with E-state index in [0.717, 1.165) is 20.5 Å². The summed E-state index contributed by atoms with van der Waals surface area (Å²) < 4.78 is 35.8. The SMILES string of the molecule is CCOc1ccc(N(CC(=O)NCc2ccccc2-n2ccnc2)S(=O)(=O)c2ccc(SC)cc2)cc1. The van der Waals surface area contributed by atoms with Gasteiger partial charge in [-0.3, -0.25) is 9.10 Å². The van der Waals surface area contributed by atoms with Crippen LogP contribution in [0.15, 0.2) is 101 Å². The maximum Gasteiger partial charge on any atom is 0.264 e. The van der Waals surface area contributed by atoms with Crippen LogP contribution in [0.4, 0.5) is 5.69 Å². The number of ether oxygens (including phenoxy) is 1. The number of hydrogen-bond acceptors (Lipinski definition) is 6. The van der Waals surface area contributed by atoms with Crippen LogP contribution in [0.1, 0.15) is 12.5 Å². The number of para-hydroxylation sites is 1. The Labute approximate surface area is 221 Å². The van der Waals surface area contributed by atoms with Crippen molar-refractivity contribution in [1.82, 2.24) is 14.9 Å². The molecular weight excluding hydrogens is 508 g/mol. The summed E-state index contributed by atoms with van der Waals surface area (Å²) >= 11 is 1.52. The van der Waals surface area contributed by atoms with E-state index in [9.17, 15) is 13.2 Å². The number of carbonyl (C=O) groups excluding carboxylic acids is 1. The molecule has 0 saturated carbocycles. The minimum absolute atomic E-state index is 0.109. The van der Waals surface area contributed by atoms with Gasteiger partial charge < -0.3 is 14.6 Å². The summed E-state index contributed by atoms with van der Waals surface area (Å²) in [6, 6.07) is 20.9. The summed E-state index contributed by atoms with van der Waals surface area (Å²) in [5.41, 5.74) is 2.12. The third-order valence-electron chi connectivity index (χ3n) is 5.62. The lowest BCUT2D eigenvalue weighted by Gasteiger charge is -2.24. The van der Waals surface area contributed by atoms with Crippen LogP contribution in [-0.4, -0.2) is 43.3 Å². The van der Waals surface area contributed by atoms with Gasteiger partial charge in [-0.05, 0) is 73.3 Å². The Kier molecular flexibility index (Phi) is 8.52. The summed E-state index contributed by atoms with van der Waals surface area (Å²) in [5.74, 6) is 0.187. The number of hydrogen-bond donors (Lipinski definition) is 1. The van der Waals surface area contributed by atoms with Gasteiger partial charge in [0.25, 0.3) is 10.0 Å². The van der Waals surface area contributed by atoms with Gasteiger partial charge in [-0.15, -0.1) is 11.8 Å². The molecular formula is C27H28N4O4S2. The molecule has 192 valence electrons. The zero-order valence-corrected chi connectivity index (χ0v) is 22.2. The smallest absolute Gasteiger partial charge is 0.264 e. The number of aromatic nitrogens is 2. The fourth-order valence-electron chi connectivity index (χ4n) is 3.76. The number of carbonyl (C=O) groups is 1. The Bertz CT molecular complexity index is 1420. The van der Waals surface area contributed by atoms with Crippen molar-refractivity contribution < 1.29 is 17.9 Å². The van der Waals surface area contributed by atoms with Crippen molar-refractivity contribution >= 4 is 33.4 Å². The van der Waals surface area contributed by atoms with Crippen LogP contribution in [0, 0.1) is 0 Å². The summed E-state index contributed by atoms with van der Waals surface area (Å²) in [6.07, 6.45) is 7.11. The van der Waals surface area contributed by atoms with E-state index in [0.29, 0.717) is 18.0 Å². The number of nitrogens with zero attached hydrogens (tertiary/aromatic N) is 3. The van der Waals surface area contributed by atoms with Crippen LogP contribution >= 0.6 is 11.8 Å². The fraction of sp³-hybridized carbons (Fsp3) is 0.185. The number of nitrogens with one attached hydrogen (secondary N) is 1. The molecule has 1 aromatic heterocycles. The van der Waals surface area contributed by atoms with E-state index in [4.69, 9.17) is 4.74 Å². The van der Waals surface area contributed by atoms with Crippen LogP contribution in [0.5, 0.6) is 5.75 Å². The van der Waals surface area contributed by atoms with Gasteiger partial charge in [0.15, 0.2) is 0 Å². The minimum Gasteiger partial charge on any atom is -0.494 e. The molecule has 4 rings (SSSR count). The molecule has 8 nitrogen and oxygen atoms in total. The van der Waals surface area contributed by atoms with Gasteiger partial charge in [-0.2, -0.15) is 0 Å². The van der Waals surface area contributed by atoms with E-state index in [1.807, 2.05) is 48.2 Å². The van der Waals surface area contributed by atoms with Crippen LogP contribution in [-0.2, 0) is 21.4 Å². The Morgan fingerprint density at radius 1 is 1.05 bits per heavy atom. The largest absolute Gasteiger partial charge is 0.494 e. The Balaban J connectivity index is 1.58. The van der Waals surface area contributed by atoms with Crippen molar-refractivity contribution in [2.75, 3.05) is 23.7 Å². The first kappa shape index (κ1) is 26.3. The lowest BCUT2D eigenvalue weighted by molar-refractivity contribution is -0.119. The molecule has 3 aromatic carbocycles. The van der Waals surface area contributed by atoms with Gasteiger partial charge in [-0.1, -0.05) is 18.2 Å². The van der Waals surface area contributed by atoms with Crippen molar-refractivity contribution in [2.24, 2.45) is 0 Å². The lowest BCUT2D eigenvalue weighted by atomic mass is 10.1. The Morgan fingerprint density at radius 3 is 2.43 bits per heavy atom. The van der Waals surface area contributed by atoms with Crippen LogP contribution in [0.2, 0.25) is 0 Å². The highest BCUT2D eigenvalue weighted by atomic mass is 32.2. The number of rotatable bonds is 11. The van der Waals surface area contributed by atoms with Crippen molar-refractivity contribution in [2.45, 2.75) is 23.3 Å². The number of sulfonamides is 1. The highest BCUT2D eigenvalue weighted by molar-refractivity contribution is 7.98. The molecule has 0 atom stereocenters. The molecule has 0 aliphatic heterocycles. The Hall–Kier alpha value is -3.76. The second-order valence-electron chi connectivity index (χ2n) is 7.99. The number of benzene rings is 3. The summed E-state index contributed by atoms with van der Waals surface area (Å²) in [6.45, 7) is 2.21. The number of thioether (sulfide) groups is 1. The zero-order valence-electron chi connectivity index (χ0n) is 20.6. The first-order valence-electron chi connectivity index (χ1n) is 11.6. The van der Waals surface area contributed by atoms with E-state index >= 15 is 0 Å². The second kappa shape index (κ2) is 12.0. The number of anilines is 1. The van der Waals surface area contributed by atoms with Crippen molar-refractivity contribution in [3.05, 3.63) is 97.1 Å². The topological polar surface area (TPSA) is 93.5 Å². The van der Waals surface area contributed by atoms with Gasteiger partial charge in [0.2, 0.25) is 5.91 Å². The minimum atomic E-state index is -4.02. The van der Waals surface area contributed by atoms with Crippen LogP contribution in [0.3, 0.4) is 0 Å².